The van der Waals surface area contributed by atoms with Gasteiger partial charge in [0.05, 0.1) is 24.9 Å². The van der Waals surface area contributed by atoms with Crippen LogP contribution in [-0.4, -0.2) is 21.8 Å². The molecule has 0 aliphatic rings. The lowest BCUT2D eigenvalue weighted by Crippen LogP contribution is -1.89. The zero-order valence-corrected chi connectivity index (χ0v) is 11.6. The van der Waals surface area contributed by atoms with Gasteiger partial charge in [0.2, 0.25) is 0 Å². The predicted molar refractivity (Wildman–Crippen MR) is 76.5 cm³/mol. The summed E-state index contributed by atoms with van der Waals surface area (Å²) in [5.74, 6) is 0.851. The van der Waals surface area contributed by atoms with Crippen molar-refractivity contribution in [1.82, 2.24) is 9.55 Å². The van der Waals surface area contributed by atoms with Crippen LogP contribution < -0.4 is 4.74 Å². The highest BCUT2D eigenvalue weighted by Gasteiger charge is 2.14. The molecule has 2 heterocycles. The minimum Gasteiger partial charge on any atom is -0.495 e. The SMILES string of the molecule is COc1cccc2c(-c3csc(CO)n3)cn(C)c12. The molecular weight excluding hydrogens is 260 g/mol. The summed E-state index contributed by atoms with van der Waals surface area (Å²) in [5, 5.41) is 12.9. The van der Waals surface area contributed by atoms with Gasteiger partial charge in [0, 0.05) is 29.6 Å². The Morgan fingerprint density at radius 1 is 1.42 bits per heavy atom. The molecule has 0 radical (unpaired) electrons. The number of methoxy groups -OCH3 is 1. The van der Waals surface area contributed by atoms with Crippen LogP contribution in [0.25, 0.3) is 22.2 Å². The Balaban J connectivity index is 2.25. The molecule has 0 aliphatic carbocycles. The summed E-state index contributed by atoms with van der Waals surface area (Å²) in [5.41, 5.74) is 3.01. The summed E-state index contributed by atoms with van der Waals surface area (Å²) in [4.78, 5) is 4.43. The van der Waals surface area contributed by atoms with Crippen molar-refractivity contribution in [2.45, 2.75) is 6.61 Å². The number of benzene rings is 1. The van der Waals surface area contributed by atoms with E-state index in [1.807, 2.05) is 35.3 Å². The number of hydrogen-bond donors (Lipinski definition) is 1. The normalized spacial score (nSPS) is 11.1. The molecule has 0 spiro atoms. The number of nitrogens with zero attached hydrogens (tertiary/aromatic N) is 2. The first kappa shape index (κ1) is 12.2. The maximum atomic E-state index is 9.12. The van der Waals surface area contributed by atoms with Crippen LogP contribution in [0, 0.1) is 0 Å². The Kier molecular flexibility index (Phi) is 3.00. The van der Waals surface area contributed by atoms with Crippen molar-refractivity contribution in [2.75, 3.05) is 7.11 Å². The lowest BCUT2D eigenvalue weighted by molar-refractivity contribution is 0.281. The third-order valence-electron chi connectivity index (χ3n) is 3.15. The van der Waals surface area contributed by atoms with Gasteiger partial charge in [0.25, 0.3) is 0 Å². The molecule has 0 unspecified atom stereocenters. The van der Waals surface area contributed by atoms with Crippen molar-refractivity contribution in [3.8, 4) is 17.0 Å². The molecule has 1 N–H and O–H groups in total. The van der Waals surface area contributed by atoms with Crippen molar-refractivity contribution >= 4 is 22.2 Å². The van der Waals surface area contributed by atoms with Gasteiger partial charge in [-0.1, -0.05) is 12.1 Å². The highest BCUT2D eigenvalue weighted by molar-refractivity contribution is 7.09. The summed E-state index contributed by atoms with van der Waals surface area (Å²) >= 11 is 1.47. The van der Waals surface area contributed by atoms with Gasteiger partial charge in [0.15, 0.2) is 0 Å². The van der Waals surface area contributed by atoms with Crippen molar-refractivity contribution < 1.29 is 9.84 Å². The third kappa shape index (κ3) is 1.91. The Labute approximate surface area is 114 Å². The van der Waals surface area contributed by atoms with Crippen LogP contribution in [0.2, 0.25) is 0 Å². The molecule has 19 heavy (non-hydrogen) atoms. The number of fused-ring (bicyclic) bond motifs is 1. The average molecular weight is 274 g/mol. The summed E-state index contributed by atoms with van der Waals surface area (Å²) in [6, 6.07) is 5.99. The van der Waals surface area contributed by atoms with Crippen molar-refractivity contribution in [3.05, 3.63) is 34.8 Å². The van der Waals surface area contributed by atoms with Gasteiger partial charge in [-0.05, 0) is 6.07 Å². The smallest absolute Gasteiger partial charge is 0.143 e. The fraction of sp³-hybridized carbons (Fsp3) is 0.214. The molecule has 0 fully saturated rings. The number of aryl methyl sites for hydroxylation is 1. The Bertz CT molecular complexity index is 730. The van der Waals surface area contributed by atoms with E-state index >= 15 is 0 Å². The van der Waals surface area contributed by atoms with Gasteiger partial charge < -0.3 is 14.4 Å². The summed E-state index contributed by atoms with van der Waals surface area (Å²) in [6.07, 6.45) is 2.05. The lowest BCUT2D eigenvalue weighted by atomic mass is 10.1. The minimum atomic E-state index is -0.0151. The summed E-state index contributed by atoms with van der Waals surface area (Å²) in [7, 11) is 3.67. The van der Waals surface area contributed by atoms with E-state index in [4.69, 9.17) is 9.84 Å². The molecule has 3 rings (SSSR count). The highest BCUT2D eigenvalue weighted by Crippen LogP contribution is 2.35. The Morgan fingerprint density at radius 3 is 2.95 bits per heavy atom. The lowest BCUT2D eigenvalue weighted by Gasteiger charge is -2.03. The molecule has 0 amide bonds. The quantitative estimate of drug-likeness (QED) is 0.799. The van der Waals surface area contributed by atoms with E-state index in [0.717, 1.165) is 32.9 Å². The van der Waals surface area contributed by atoms with Crippen LogP contribution in [0.1, 0.15) is 5.01 Å². The number of aromatic nitrogens is 2. The molecule has 0 atom stereocenters. The van der Waals surface area contributed by atoms with Gasteiger partial charge in [-0.2, -0.15) is 0 Å². The predicted octanol–water partition coefficient (Wildman–Crippen LogP) is 2.80. The van der Waals surface area contributed by atoms with E-state index in [9.17, 15) is 0 Å². The second-order valence-electron chi connectivity index (χ2n) is 4.29. The Morgan fingerprint density at radius 2 is 2.26 bits per heavy atom. The van der Waals surface area contributed by atoms with Crippen LogP contribution in [0.15, 0.2) is 29.8 Å². The number of rotatable bonds is 3. The van der Waals surface area contributed by atoms with Crippen LogP contribution in [0.4, 0.5) is 0 Å². The average Bonchev–Trinajstić information content (AvgIpc) is 3.03. The number of ether oxygens (including phenoxy) is 1. The van der Waals surface area contributed by atoms with Crippen LogP contribution in [0.3, 0.4) is 0 Å². The summed E-state index contributed by atoms with van der Waals surface area (Å²) in [6.45, 7) is -0.0151. The Hall–Kier alpha value is -1.85. The van der Waals surface area contributed by atoms with Gasteiger partial charge >= 0.3 is 0 Å². The molecule has 2 aromatic heterocycles. The van der Waals surface area contributed by atoms with Crippen LogP contribution in [0.5, 0.6) is 5.75 Å². The van der Waals surface area contributed by atoms with E-state index in [1.165, 1.54) is 11.3 Å². The molecular formula is C14H14N2O2S. The van der Waals surface area contributed by atoms with Gasteiger partial charge in [-0.15, -0.1) is 11.3 Å². The largest absolute Gasteiger partial charge is 0.495 e. The maximum absolute atomic E-state index is 9.12. The number of aliphatic hydroxyl groups excluding tert-OH is 1. The van der Waals surface area contributed by atoms with Crippen molar-refractivity contribution in [2.24, 2.45) is 7.05 Å². The van der Waals surface area contributed by atoms with E-state index in [1.54, 1.807) is 7.11 Å². The monoisotopic (exact) mass is 274 g/mol. The fourth-order valence-electron chi connectivity index (χ4n) is 2.31. The van der Waals surface area contributed by atoms with E-state index in [2.05, 4.69) is 11.1 Å². The molecule has 0 saturated carbocycles. The summed E-state index contributed by atoms with van der Waals surface area (Å²) < 4.78 is 7.45. The van der Waals surface area contributed by atoms with E-state index in [-0.39, 0.29) is 6.61 Å². The molecule has 98 valence electrons. The van der Waals surface area contributed by atoms with Gasteiger partial charge in [-0.3, -0.25) is 0 Å². The molecule has 4 nitrogen and oxygen atoms in total. The maximum Gasteiger partial charge on any atom is 0.143 e. The van der Waals surface area contributed by atoms with Crippen LogP contribution in [-0.2, 0) is 13.7 Å². The number of aliphatic hydroxyl groups is 1. The second-order valence-corrected chi connectivity index (χ2v) is 5.24. The minimum absolute atomic E-state index is 0.0151. The number of para-hydroxylation sites is 1. The zero-order valence-electron chi connectivity index (χ0n) is 10.8. The third-order valence-corrected chi connectivity index (χ3v) is 3.98. The standard InChI is InChI=1S/C14H14N2O2S/c1-16-6-10(11-8-19-13(7-17)15-11)9-4-3-5-12(18-2)14(9)16/h3-6,8,17H,7H2,1-2H3. The first-order valence-electron chi connectivity index (χ1n) is 5.92. The topological polar surface area (TPSA) is 47.3 Å². The molecule has 0 aliphatic heterocycles. The fourth-order valence-corrected chi connectivity index (χ4v) is 2.96. The highest BCUT2D eigenvalue weighted by atomic mass is 32.1. The zero-order chi connectivity index (χ0) is 13.4. The molecule has 5 heteroatoms. The van der Waals surface area contributed by atoms with Crippen molar-refractivity contribution in [3.63, 3.8) is 0 Å². The van der Waals surface area contributed by atoms with E-state index in [0.29, 0.717) is 0 Å². The second kappa shape index (κ2) is 4.68. The molecule has 0 saturated heterocycles. The number of hydrogen-bond acceptors (Lipinski definition) is 4. The molecule has 3 aromatic rings. The first-order chi connectivity index (χ1) is 9.24. The van der Waals surface area contributed by atoms with Gasteiger partial charge in [-0.25, -0.2) is 4.98 Å². The molecule has 0 bridgehead atoms. The van der Waals surface area contributed by atoms with Gasteiger partial charge in [0.1, 0.15) is 10.8 Å². The first-order valence-corrected chi connectivity index (χ1v) is 6.80. The van der Waals surface area contributed by atoms with E-state index < -0.39 is 0 Å². The van der Waals surface area contributed by atoms with Crippen molar-refractivity contribution in [1.29, 1.82) is 0 Å². The number of thiazole rings is 1. The van der Waals surface area contributed by atoms with Crippen LogP contribution >= 0.6 is 11.3 Å². The molecule has 1 aromatic carbocycles.